The SMILES string of the molecule is CC(C)Oc1ccc(F)cc1S(=O)(=O)Nc1cccc(-c2cccnc2)n1. The standard InChI is InChI=1S/C19H18FN3O3S/c1-13(2)26-17-9-8-15(20)11-18(17)27(24,25)23-19-7-3-6-16(22-19)14-5-4-10-21-12-14/h3-13H,1-2H3,(H,22,23). The summed E-state index contributed by atoms with van der Waals surface area (Å²) in [6.45, 7) is 3.51. The van der Waals surface area contributed by atoms with Gasteiger partial charge in [0.25, 0.3) is 10.0 Å². The Morgan fingerprint density at radius 3 is 2.63 bits per heavy atom. The van der Waals surface area contributed by atoms with Gasteiger partial charge in [0.1, 0.15) is 22.3 Å². The lowest BCUT2D eigenvalue weighted by Gasteiger charge is -2.15. The van der Waals surface area contributed by atoms with Crippen molar-refractivity contribution in [2.45, 2.75) is 24.8 Å². The molecule has 0 fully saturated rings. The summed E-state index contributed by atoms with van der Waals surface area (Å²) >= 11 is 0. The minimum absolute atomic E-state index is 0.0716. The van der Waals surface area contributed by atoms with Gasteiger partial charge in [-0.2, -0.15) is 0 Å². The first-order valence-corrected chi connectivity index (χ1v) is 9.70. The number of benzene rings is 1. The van der Waals surface area contributed by atoms with Crippen LogP contribution < -0.4 is 9.46 Å². The van der Waals surface area contributed by atoms with E-state index in [0.29, 0.717) is 5.69 Å². The summed E-state index contributed by atoms with van der Waals surface area (Å²) in [4.78, 5) is 8.04. The van der Waals surface area contributed by atoms with E-state index < -0.39 is 15.8 Å². The molecular formula is C19H18FN3O3S. The van der Waals surface area contributed by atoms with Crippen molar-refractivity contribution < 1.29 is 17.5 Å². The molecule has 27 heavy (non-hydrogen) atoms. The third-order valence-corrected chi connectivity index (χ3v) is 4.88. The normalized spacial score (nSPS) is 11.4. The first-order valence-electron chi connectivity index (χ1n) is 8.21. The van der Waals surface area contributed by atoms with E-state index in [4.69, 9.17) is 4.74 Å². The number of hydrogen-bond acceptors (Lipinski definition) is 5. The predicted molar refractivity (Wildman–Crippen MR) is 100 cm³/mol. The minimum atomic E-state index is -4.10. The number of nitrogens with zero attached hydrogens (tertiary/aromatic N) is 2. The second-order valence-corrected chi connectivity index (χ2v) is 7.66. The zero-order valence-corrected chi connectivity index (χ0v) is 15.6. The van der Waals surface area contributed by atoms with Crippen molar-refractivity contribution in [3.8, 4) is 17.0 Å². The van der Waals surface area contributed by atoms with Crippen LogP contribution in [0, 0.1) is 5.82 Å². The Morgan fingerprint density at radius 1 is 1.11 bits per heavy atom. The van der Waals surface area contributed by atoms with Crippen molar-refractivity contribution in [3.05, 3.63) is 66.7 Å². The molecule has 0 aliphatic heterocycles. The number of anilines is 1. The lowest BCUT2D eigenvalue weighted by molar-refractivity contribution is 0.235. The Morgan fingerprint density at radius 2 is 1.93 bits per heavy atom. The van der Waals surface area contributed by atoms with Crippen molar-refractivity contribution in [2.75, 3.05) is 4.72 Å². The fourth-order valence-electron chi connectivity index (χ4n) is 2.40. The summed E-state index contributed by atoms with van der Waals surface area (Å²) in [6, 6.07) is 11.9. The number of rotatable bonds is 6. The number of aromatic nitrogens is 2. The molecule has 1 aromatic carbocycles. The molecule has 0 radical (unpaired) electrons. The van der Waals surface area contributed by atoms with E-state index >= 15 is 0 Å². The van der Waals surface area contributed by atoms with Gasteiger partial charge in [-0.05, 0) is 56.3 Å². The second-order valence-electron chi connectivity index (χ2n) is 6.01. The molecule has 0 aliphatic carbocycles. The third kappa shape index (κ3) is 4.59. The van der Waals surface area contributed by atoms with Gasteiger partial charge in [-0.15, -0.1) is 0 Å². The van der Waals surface area contributed by atoms with E-state index in [1.165, 1.54) is 12.1 Å². The van der Waals surface area contributed by atoms with Crippen molar-refractivity contribution >= 4 is 15.8 Å². The Hall–Kier alpha value is -3.00. The average Bonchev–Trinajstić information content (AvgIpc) is 2.63. The van der Waals surface area contributed by atoms with Crippen LogP contribution in [0.5, 0.6) is 5.75 Å². The maximum absolute atomic E-state index is 13.7. The first-order chi connectivity index (χ1) is 12.8. The van der Waals surface area contributed by atoms with Crippen LogP contribution in [0.2, 0.25) is 0 Å². The first kappa shape index (κ1) is 18.8. The number of nitrogens with one attached hydrogen (secondary N) is 1. The van der Waals surface area contributed by atoms with Crippen molar-refractivity contribution in [1.29, 1.82) is 0 Å². The van der Waals surface area contributed by atoms with Gasteiger partial charge in [-0.25, -0.2) is 17.8 Å². The van der Waals surface area contributed by atoms with Crippen LogP contribution in [0.1, 0.15) is 13.8 Å². The van der Waals surface area contributed by atoms with Crippen LogP contribution in [0.3, 0.4) is 0 Å². The molecule has 0 amide bonds. The summed E-state index contributed by atoms with van der Waals surface area (Å²) in [5.74, 6) is -0.498. The van der Waals surface area contributed by atoms with Gasteiger partial charge in [0.15, 0.2) is 0 Å². The van der Waals surface area contributed by atoms with Gasteiger partial charge in [0, 0.05) is 18.0 Å². The Labute approximate surface area is 157 Å². The Balaban J connectivity index is 1.95. The van der Waals surface area contributed by atoms with Gasteiger partial charge in [0.05, 0.1) is 11.8 Å². The highest BCUT2D eigenvalue weighted by atomic mass is 32.2. The van der Waals surface area contributed by atoms with Gasteiger partial charge < -0.3 is 4.74 Å². The number of sulfonamides is 1. The van der Waals surface area contributed by atoms with Crippen LogP contribution >= 0.6 is 0 Å². The summed E-state index contributed by atoms with van der Waals surface area (Å²) in [5, 5.41) is 0. The molecule has 2 aromatic heterocycles. The van der Waals surface area contributed by atoms with Crippen LogP contribution in [0.25, 0.3) is 11.3 Å². The highest BCUT2D eigenvalue weighted by molar-refractivity contribution is 7.92. The topological polar surface area (TPSA) is 81.2 Å². The molecule has 0 aliphatic rings. The van der Waals surface area contributed by atoms with Gasteiger partial charge in [-0.3, -0.25) is 9.71 Å². The van der Waals surface area contributed by atoms with E-state index in [0.717, 1.165) is 17.7 Å². The molecule has 3 aromatic rings. The highest BCUT2D eigenvalue weighted by Crippen LogP contribution is 2.28. The molecule has 6 nitrogen and oxygen atoms in total. The van der Waals surface area contributed by atoms with Gasteiger partial charge >= 0.3 is 0 Å². The molecule has 0 saturated heterocycles. The van der Waals surface area contributed by atoms with Crippen LogP contribution in [-0.2, 0) is 10.0 Å². The summed E-state index contributed by atoms with van der Waals surface area (Å²) in [6.07, 6.45) is 2.99. The number of hydrogen-bond donors (Lipinski definition) is 1. The molecule has 0 atom stereocenters. The smallest absolute Gasteiger partial charge is 0.266 e. The molecule has 2 heterocycles. The fraction of sp³-hybridized carbons (Fsp3) is 0.158. The molecule has 0 unspecified atom stereocenters. The van der Waals surface area contributed by atoms with Gasteiger partial charge in [-0.1, -0.05) is 6.07 Å². The lowest BCUT2D eigenvalue weighted by atomic mass is 10.2. The van der Waals surface area contributed by atoms with Crippen molar-refractivity contribution in [2.24, 2.45) is 0 Å². The Bertz CT molecular complexity index is 1040. The van der Waals surface area contributed by atoms with E-state index in [1.807, 2.05) is 6.07 Å². The third-order valence-electron chi connectivity index (χ3n) is 3.50. The second kappa shape index (κ2) is 7.71. The van der Waals surface area contributed by atoms with E-state index in [9.17, 15) is 12.8 Å². The molecule has 0 bridgehead atoms. The average molecular weight is 387 g/mol. The molecule has 8 heteroatoms. The van der Waals surface area contributed by atoms with Crippen molar-refractivity contribution in [3.63, 3.8) is 0 Å². The summed E-state index contributed by atoms with van der Waals surface area (Å²) in [7, 11) is -4.10. The maximum atomic E-state index is 13.7. The lowest BCUT2D eigenvalue weighted by Crippen LogP contribution is -2.17. The summed E-state index contributed by atoms with van der Waals surface area (Å²) < 4.78 is 47.1. The van der Waals surface area contributed by atoms with Crippen LogP contribution in [0.4, 0.5) is 10.2 Å². The molecule has 3 rings (SSSR count). The van der Waals surface area contributed by atoms with E-state index in [2.05, 4.69) is 14.7 Å². The quantitative estimate of drug-likeness (QED) is 0.694. The van der Waals surface area contributed by atoms with Gasteiger partial charge in [0.2, 0.25) is 0 Å². The zero-order chi connectivity index (χ0) is 19.4. The number of halogens is 1. The molecular weight excluding hydrogens is 369 g/mol. The number of pyridine rings is 2. The van der Waals surface area contributed by atoms with E-state index in [1.54, 1.807) is 44.4 Å². The zero-order valence-electron chi connectivity index (χ0n) is 14.8. The summed E-state index contributed by atoms with van der Waals surface area (Å²) in [5.41, 5.74) is 1.30. The van der Waals surface area contributed by atoms with E-state index in [-0.39, 0.29) is 22.6 Å². The monoisotopic (exact) mass is 387 g/mol. The molecule has 0 saturated carbocycles. The van der Waals surface area contributed by atoms with Crippen LogP contribution in [-0.4, -0.2) is 24.5 Å². The highest BCUT2D eigenvalue weighted by Gasteiger charge is 2.22. The molecule has 1 N–H and O–H groups in total. The molecule has 140 valence electrons. The minimum Gasteiger partial charge on any atom is -0.490 e. The maximum Gasteiger partial charge on any atom is 0.266 e. The van der Waals surface area contributed by atoms with Crippen LogP contribution in [0.15, 0.2) is 65.8 Å². The molecule has 0 spiro atoms. The Kier molecular flexibility index (Phi) is 5.36. The van der Waals surface area contributed by atoms with Crippen molar-refractivity contribution in [1.82, 2.24) is 9.97 Å². The largest absolute Gasteiger partial charge is 0.490 e. The predicted octanol–water partition coefficient (Wildman–Crippen LogP) is 3.87. The number of ether oxygens (including phenoxy) is 1. The fourth-order valence-corrected chi connectivity index (χ4v) is 3.55.